The lowest BCUT2D eigenvalue weighted by molar-refractivity contribution is 0.591. The van der Waals surface area contributed by atoms with Crippen molar-refractivity contribution < 1.29 is 9.13 Å². The van der Waals surface area contributed by atoms with Gasteiger partial charge in [0.15, 0.2) is 14.3 Å². The van der Waals surface area contributed by atoms with Crippen molar-refractivity contribution in [3.05, 3.63) is 231 Å². The molecule has 2 nitrogen and oxygen atoms in total. The second-order valence-corrected chi connectivity index (χ2v) is 19.1. The summed E-state index contributed by atoms with van der Waals surface area (Å²) in [6, 6.07) is 75.6. The van der Waals surface area contributed by atoms with Crippen LogP contribution in [0.1, 0.15) is 0 Å². The Bertz CT molecular complexity index is 2160. The van der Waals surface area contributed by atoms with Crippen LogP contribution in [-0.4, -0.2) is 0 Å². The molecule has 0 aromatic heterocycles. The topological polar surface area (TPSA) is 34.1 Å². The first-order valence-corrected chi connectivity index (χ1v) is 21.7. The molecule has 0 saturated carbocycles. The molecular weight excluding hydrogens is 703 g/mol. The standard InChI is InChI=1S/C36H28O2P2.C12H10S/c37-39(31-13-5-1-6-14-31,32-15-7-2-8-16-32)35-25-21-29(22-26-35)30-23-27-36(28-24-30)40(38,33-17-9-3-10-18-33)34-19-11-4-12-20-34;1-3-7-11(8-4-1)13-12-9-5-2-6-10-12/h1-28H;1-10H. The van der Waals surface area contributed by atoms with E-state index < -0.39 is 14.3 Å². The Hall–Kier alpha value is -5.43. The third-order valence-corrected chi connectivity index (χ3v) is 16.2. The fraction of sp³-hybridized carbons (Fsp3) is 0. The third-order valence-electron chi connectivity index (χ3n) is 9.00. The minimum Gasteiger partial charge on any atom is -0.309 e. The van der Waals surface area contributed by atoms with Gasteiger partial charge in [-0.05, 0) is 35.4 Å². The van der Waals surface area contributed by atoms with Crippen LogP contribution in [-0.2, 0) is 9.13 Å². The van der Waals surface area contributed by atoms with Crippen LogP contribution >= 0.6 is 26.0 Å². The summed E-state index contributed by atoms with van der Waals surface area (Å²) in [5.41, 5.74) is 2.02. The predicted octanol–water partition coefficient (Wildman–Crippen LogP) is 10.5. The van der Waals surface area contributed by atoms with Crippen molar-refractivity contribution in [1.29, 1.82) is 0 Å². The molecule has 0 aliphatic carbocycles. The lowest BCUT2D eigenvalue weighted by Crippen LogP contribution is -2.25. The Morgan fingerprint density at radius 2 is 0.453 bits per heavy atom. The van der Waals surface area contributed by atoms with Crippen molar-refractivity contribution in [3.63, 3.8) is 0 Å². The molecule has 0 atom stereocenters. The molecule has 0 aliphatic rings. The number of rotatable bonds is 9. The quantitative estimate of drug-likeness (QED) is 0.138. The average Bonchev–Trinajstić information content (AvgIpc) is 3.25. The number of benzene rings is 8. The molecule has 8 aromatic rings. The number of hydrogen-bond acceptors (Lipinski definition) is 3. The van der Waals surface area contributed by atoms with Crippen molar-refractivity contribution in [2.75, 3.05) is 0 Å². The molecule has 0 fully saturated rings. The summed E-state index contributed by atoms with van der Waals surface area (Å²) in [6.07, 6.45) is 0. The molecule has 8 aromatic carbocycles. The SMILES string of the molecule is O=P(c1ccccc1)(c1ccccc1)c1ccc(-c2ccc(P(=O)(c3ccccc3)c3ccccc3)cc2)cc1.c1ccc(Sc2ccccc2)cc1. The average molecular weight is 741 g/mol. The maximum Gasteiger partial charge on any atom is 0.171 e. The van der Waals surface area contributed by atoms with Crippen molar-refractivity contribution in [1.82, 2.24) is 0 Å². The maximum atomic E-state index is 14.7. The van der Waals surface area contributed by atoms with Crippen molar-refractivity contribution >= 4 is 57.9 Å². The molecule has 5 heteroatoms. The lowest BCUT2D eigenvalue weighted by Gasteiger charge is -2.21. The summed E-state index contributed by atoms with van der Waals surface area (Å²) >= 11 is 1.79. The zero-order valence-corrected chi connectivity index (χ0v) is 31.7. The van der Waals surface area contributed by atoms with Crippen LogP contribution < -0.4 is 31.8 Å². The van der Waals surface area contributed by atoms with E-state index in [0.717, 1.165) is 43.0 Å². The van der Waals surface area contributed by atoms with Gasteiger partial charge in [0, 0.05) is 41.6 Å². The van der Waals surface area contributed by atoms with Crippen LogP contribution in [0.15, 0.2) is 240 Å². The first kappa shape index (κ1) is 36.0. The van der Waals surface area contributed by atoms with Crippen LogP contribution in [0.5, 0.6) is 0 Å². The second-order valence-electron chi connectivity index (χ2n) is 12.4. The molecule has 258 valence electrons. The zero-order valence-electron chi connectivity index (χ0n) is 29.1. The minimum absolute atomic E-state index is 0.794. The van der Waals surface area contributed by atoms with E-state index in [9.17, 15) is 9.13 Å². The van der Waals surface area contributed by atoms with Crippen LogP contribution in [0.25, 0.3) is 11.1 Å². The van der Waals surface area contributed by atoms with Gasteiger partial charge in [0.1, 0.15) is 0 Å². The third kappa shape index (κ3) is 8.15. The first-order valence-electron chi connectivity index (χ1n) is 17.5. The van der Waals surface area contributed by atoms with Gasteiger partial charge < -0.3 is 9.13 Å². The molecule has 0 bridgehead atoms. The monoisotopic (exact) mass is 740 g/mol. The lowest BCUT2D eigenvalue weighted by atomic mass is 10.1. The Morgan fingerprint density at radius 3 is 0.698 bits per heavy atom. The second kappa shape index (κ2) is 16.9. The maximum absolute atomic E-state index is 14.7. The Labute approximate surface area is 317 Å². The van der Waals surface area contributed by atoms with Gasteiger partial charge in [0.05, 0.1) is 0 Å². The summed E-state index contributed by atoms with van der Waals surface area (Å²) in [7, 11) is -6.05. The van der Waals surface area contributed by atoms with Gasteiger partial charge in [-0.25, -0.2) is 0 Å². The molecule has 0 spiro atoms. The first-order chi connectivity index (χ1) is 26.0. The fourth-order valence-electron chi connectivity index (χ4n) is 6.29. The molecule has 53 heavy (non-hydrogen) atoms. The molecule has 0 unspecified atom stereocenters. The largest absolute Gasteiger partial charge is 0.309 e. The van der Waals surface area contributed by atoms with Gasteiger partial charge in [-0.1, -0.05) is 218 Å². The van der Waals surface area contributed by atoms with Crippen molar-refractivity contribution in [3.8, 4) is 11.1 Å². The van der Waals surface area contributed by atoms with Gasteiger partial charge in [0.25, 0.3) is 0 Å². The molecule has 0 heterocycles. The van der Waals surface area contributed by atoms with E-state index >= 15 is 0 Å². The van der Waals surface area contributed by atoms with E-state index in [4.69, 9.17) is 0 Å². The zero-order chi connectivity index (χ0) is 36.4. The van der Waals surface area contributed by atoms with E-state index in [1.54, 1.807) is 11.8 Å². The van der Waals surface area contributed by atoms with E-state index in [0.29, 0.717) is 0 Å². The molecule has 0 aliphatic heterocycles. The Balaban J connectivity index is 0.000000281. The molecule has 8 rings (SSSR count). The van der Waals surface area contributed by atoms with Crippen LogP contribution in [0, 0.1) is 0 Å². The molecule has 0 amide bonds. The van der Waals surface area contributed by atoms with Crippen molar-refractivity contribution in [2.45, 2.75) is 9.79 Å². The summed E-state index contributed by atoms with van der Waals surface area (Å²) in [4.78, 5) is 2.57. The Kier molecular flexibility index (Phi) is 11.5. The molecule has 0 radical (unpaired) electrons. The highest BCUT2D eigenvalue weighted by atomic mass is 32.2. The van der Waals surface area contributed by atoms with E-state index in [-0.39, 0.29) is 0 Å². The van der Waals surface area contributed by atoms with E-state index in [1.807, 2.05) is 182 Å². The highest BCUT2D eigenvalue weighted by Gasteiger charge is 2.30. The van der Waals surface area contributed by atoms with Crippen LogP contribution in [0.2, 0.25) is 0 Å². The van der Waals surface area contributed by atoms with Crippen molar-refractivity contribution in [2.24, 2.45) is 0 Å². The summed E-state index contributed by atoms with van der Waals surface area (Å²) in [6.45, 7) is 0. The van der Waals surface area contributed by atoms with E-state index in [2.05, 4.69) is 48.5 Å². The normalized spacial score (nSPS) is 11.2. The molecule has 0 saturated heterocycles. The van der Waals surface area contributed by atoms with Crippen LogP contribution in [0.3, 0.4) is 0 Å². The summed E-state index contributed by atoms with van der Waals surface area (Å²) < 4.78 is 29.3. The fourth-order valence-corrected chi connectivity index (χ4v) is 12.4. The van der Waals surface area contributed by atoms with Gasteiger partial charge in [-0.2, -0.15) is 0 Å². The number of hydrogen-bond donors (Lipinski definition) is 0. The highest BCUT2D eigenvalue weighted by molar-refractivity contribution is 7.99. The minimum atomic E-state index is -3.02. The van der Waals surface area contributed by atoms with E-state index in [1.165, 1.54) is 9.79 Å². The highest BCUT2D eigenvalue weighted by Crippen LogP contribution is 2.44. The van der Waals surface area contributed by atoms with Gasteiger partial charge in [-0.15, -0.1) is 0 Å². The summed E-state index contributed by atoms with van der Waals surface area (Å²) in [5.74, 6) is 0. The van der Waals surface area contributed by atoms with Gasteiger partial charge in [0.2, 0.25) is 0 Å². The molecule has 0 N–H and O–H groups in total. The summed E-state index contributed by atoms with van der Waals surface area (Å²) in [5, 5.41) is 4.85. The van der Waals surface area contributed by atoms with Gasteiger partial charge in [-0.3, -0.25) is 0 Å². The van der Waals surface area contributed by atoms with Crippen LogP contribution in [0.4, 0.5) is 0 Å². The molecular formula is C48H38O2P2S. The predicted molar refractivity (Wildman–Crippen MR) is 228 cm³/mol. The Morgan fingerprint density at radius 1 is 0.245 bits per heavy atom. The smallest absolute Gasteiger partial charge is 0.171 e. The van der Waals surface area contributed by atoms with Gasteiger partial charge >= 0.3 is 0 Å².